The standard InChI is InChI=1S/C23H26F3N5O4.C22H26F3N5O3.C13H16F3N5O.C4H8O.Al.Li.4H/c1-33-15-9-8-14(18(12-15)34-2)13-28-22-30-16-7-5-11-27-19(16)20(31-22)29-17(21(32)35-3)6-4-10-23(24,25)26;1-32-16-8-7-14(18(11-16)33-2)12-27-21-29-17-6-4-10-26-19(17)20(30-21)28-15(13-31)5-3-9-22(23,24)25;14-13(15,16)5-1-3-8(7-22)19-11-10-9(4-2-6-18-10)20-12(17)21-11;1-2-4-5-3-1;;;;;;/h5,7-9,11-12,17H,4,6,10,13H2,1-3H3,(H2,28,29,30,31);4,6-8,10-11,15,31H,3,5,9,12-13H2,1-2H3,(H2,27,28,29,30);2,4,6,8,22H,1,3,5,7H2,(H3,17,19,20,21);1-4H2;;;;;;/q;;;;;+1;;;;-1/t17-;15-;8-;;;;;;;/m111......./s1. The van der Waals surface area contributed by atoms with Gasteiger partial charge in [-0.3, -0.25) is 15.0 Å². The van der Waals surface area contributed by atoms with Crippen molar-refractivity contribution in [1.29, 1.82) is 0 Å². The summed E-state index contributed by atoms with van der Waals surface area (Å²) < 4.78 is 143. The smallest absolute Gasteiger partial charge is 1.00 e. The maximum absolute atomic E-state index is 12.6. The number of aromatic nitrogens is 9. The molecule has 0 spiro atoms. The van der Waals surface area contributed by atoms with Crippen LogP contribution in [-0.4, -0.2) is 177 Å². The molecule has 0 radical (unpaired) electrons. The summed E-state index contributed by atoms with van der Waals surface area (Å²) in [6, 6.07) is 18.9. The molecular weight excluding hydrogens is 1300 g/mol. The van der Waals surface area contributed by atoms with Crippen molar-refractivity contribution >= 4 is 91.7 Å². The first-order valence-electron chi connectivity index (χ1n) is 29.9. The number of fused-ring (bicyclic) bond motifs is 3. The molecule has 0 amide bonds. The van der Waals surface area contributed by atoms with E-state index in [9.17, 15) is 54.5 Å². The molecule has 9 rings (SSSR count). The topological polar surface area (TPSA) is 315 Å². The Morgan fingerprint density at radius 3 is 1.31 bits per heavy atom. The van der Waals surface area contributed by atoms with E-state index < -0.39 is 61.9 Å². The number of halogens is 9. The fourth-order valence-electron chi connectivity index (χ4n) is 9.20. The summed E-state index contributed by atoms with van der Waals surface area (Å²) in [4.78, 5) is 50.8. The molecule has 1 aliphatic heterocycles. The number of aliphatic hydroxyl groups is 2. The van der Waals surface area contributed by atoms with Crippen molar-refractivity contribution in [2.75, 3.05) is 94.3 Å². The number of pyridine rings is 3. The van der Waals surface area contributed by atoms with Crippen molar-refractivity contribution in [3.05, 3.63) is 103 Å². The molecular formula is C62H80AlF9LiN15O9. The molecule has 24 nitrogen and oxygen atoms in total. The van der Waals surface area contributed by atoms with Gasteiger partial charge in [-0.15, -0.1) is 0 Å². The number of aliphatic hydroxyl groups excluding tert-OH is 2. The SMILES string of the molecule is C1CCOC1.COC(=O)[C@@H](CCCC(F)(F)F)Nc1nc(NCc2ccc(OC)cc2OC)nc2cccnc12.COc1ccc(CNc2nc(N[C@@H](CO)CCCC(F)(F)F)c3ncccc3n2)c(OC)c1.Nc1nc(N[C@@H](CO)CCCC(F)(F)F)c2ncccc2n1.[AlH3].[H-].[Li+]. The number of rotatable bonds is 28. The summed E-state index contributed by atoms with van der Waals surface area (Å²) >= 11 is 0. The summed E-state index contributed by atoms with van der Waals surface area (Å²) in [6.07, 6.45) is -8.65. The third-order valence-electron chi connectivity index (χ3n) is 14.0. The van der Waals surface area contributed by atoms with E-state index in [4.69, 9.17) is 34.2 Å². The Labute approximate surface area is 577 Å². The summed E-state index contributed by atoms with van der Waals surface area (Å²) in [5, 5.41) is 34.0. The number of carbonyl (C=O) groups is 1. The number of ether oxygens (including phenoxy) is 6. The van der Waals surface area contributed by atoms with Gasteiger partial charge in [-0.05, 0) is 112 Å². The van der Waals surface area contributed by atoms with E-state index in [1.54, 1.807) is 95.4 Å². The van der Waals surface area contributed by atoms with E-state index in [0.717, 1.165) is 24.3 Å². The predicted molar refractivity (Wildman–Crippen MR) is 349 cm³/mol. The number of anilines is 6. The van der Waals surface area contributed by atoms with Gasteiger partial charge in [-0.2, -0.15) is 54.5 Å². The molecule has 97 heavy (non-hydrogen) atoms. The van der Waals surface area contributed by atoms with Crippen molar-refractivity contribution < 1.29 is 103 Å². The van der Waals surface area contributed by atoms with Gasteiger partial charge in [0, 0.05) is 87.4 Å². The minimum Gasteiger partial charge on any atom is -1.00 e. The van der Waals surface area contributed by atoms with E-state index in [1.807, 2.05) is 18.2 Å². The van der Waals surface area contributed by atoms with Crippen LogP contribution in [0.1, 0.15) is 83.2 Å². The molecule has 524 valence electrons. The third-order valence-corrected chi connectivity index (χ3v) is 14.0. The Hall–Kier alpha value is -8.24. The minimum absolute atomic E-state index is 0. The summed E-state index contributed by atoms with van der Waals surface area (Å²) in [5.41, 5.74) is 10.1. The van der Waals surface area contributed by atoms with Crippen molar-refractivity contribution in [1.82, 2.24) is 44.9 Å². The third kappa shape index (κ3) is 27.7. The van der Waals surface area contributed by atoms with Gasteiger partial charge in [0.05, 0.1) is 77.4 Å². The van der Waals surface area contributed by atoms with E-state index >= 15 is 0 Å². The molecule has 2 aromatic carbocycles. The quantitative estimate of drug-likeness (QED) is 0.0135. The molecule has 1 fully saturated rings. The van der Waals surface area contributed by atoms with Gasteiger partial charge in [0.1, 0.15) is 45.6 Å². The van der Waals surface area contributed by atoms with Gasteiger partial charge in [0.25, 0.3) is 0 Å². The Kier molecular flexibility index (Phi) is 33.9. The number of carbonyl (C=O) groups excluding carboxylic acids is 1. The molecule has 0 saturated carbocycles. The average Bonchev–Trinajstić information content (AvgIpc) is 1.01. The summed E-state index contributed by atoms with van der Waals surface area (Å²) in [6.45, 7) is 2.00. The van der Waals surface area contributed by atoms with E-state index in [-0.39, 0.29) is 107 Å². The second-order valence-corrected chi connectivity index (χ2v) is 21.0. The van der Waals surface area contributed by atoms with Crippen LogP contribution in [0.15, 0.2) is 91.4 Å². The van der Waals surface area contributed by atoms with Gasteiger partial charge in [0.15, 0.2) is 34.8 Å². The van der Waals surface area contributed by atoms with Gasteiger partial charge in [0.2, 0.25) is 17.8 Å². The van der Waals surface area contributed by atoms with Crippen LogP contribution in [0.5, 0.6) is 23.0 Å². The van der Waals surface area contributed by atoms with Gasteiger partial charge in [-0.25, -0.2) is 19.7 Å². The molecule has 1 aliphatic rings. The second-order valence-electron chi connectivity index (χ2n) is 21.0. The molecule has 0 aliphatic carbocycles. The maximum atomic E-state index is 12.6. The van der Waals surface area contributed by atoms with Crippen LogP contribution in [-0.2, 0) is 27.4 Å². The van der Waals surface area contributed by atoms with Crippen LogP contribution in [0.25, 0.3) is 33.1 Å². The first-order valence-corrected chi connectivity index (χ1v) is 29.9. The predicted octanol–water partition coefficient (Wildman–Crippen LogP) is 7.34. The van der Waals surface area contributed by atoms with Crippen LogP contribution < -0.4 is 70.1 Å². The summed E-state index contributed by atoms with van der Waals surface area (Å²) in [5.74, 6) is 3.21. The van der Waals surface area contributed by atoms with Crippen molar-refractivity contribution in [2.45, 2.75) is 120 Å². The Balaban J connectivity index is 0.000000371. The first-order chi connectivity index (χ1) is 45.4. The van der Waals surface area contributed by atoms with Crippen molar-refractivity contribution in [2.24, 2.45) is 0 Å². The number of nitrogens with two attached hydrogens (primary N) is 1. The molecule has 0 unspecified atom stereocenters. The van der Waals surface area contributed by atoms with Crippen molar-refractivity contribution in [3.63, 3.8) is 0 Å². The molecule has 8 aromatic rings. The number of hydrogen-bond acceptors (Lipinski definition) is 24. The zero-order chi connectivity index (χ0) is 69.0. The van der Waals surface area contributed by atoms with Gasteiger partial charge >= 0.3 is 43.4 Å². The Morgan fingerprint density at radius 2 is 0.948 bits per heavy atom. The fourth-order valence-corrected chi connectivity index (χ4v) is 9.20. The monoisotopic (exact) mass is 1380 g/mol. The van der Waals surface area contributed by atoms with Gasteiger partial charge in [-0.1, -0.05) is 0 Å². The fraction of sp³-hybridized carbons (Fsp3) is 0.452. The zero-order valence-electron chi connectivity index (χ0n) is 54.7. The molecule has 35 heteroatoms. The second kappa shape index (κ2) is 40.5. The Bertz CT molecular complexity index is 3690. The zero-order valence-corrected chi connectivity index (χ0v) is 53.7. The summed E-state index contributed by atoms with van der Waals surface area (Å²) in [7, 11) is 7.41. The normalized spacial score (nSPS) is 12.9. The number of alkyl halides is 9. The molecule has 9 N–H and O–H groups in total. The Morgan fingerprint density at radius 1 is 0.557 bits per heavy atom. The molecule has 1 saturated heterocycles. The number of hydrogen-bond donors (Lipinski definition) is 8. The molecule has 3 atom stereocenters. The van der Waals surface area contributed by atoms with Crippen LogP contribution in [0.4, 0.5) is 74.8 Å². The molecule has 7 heterocycles. The van der Waals surface area contributed by atoms with E-state index in [0.29, 0.717) is 86.8 Å². The van der Waals surface area contributed by atoms with Crippen LogP contribution >= 0.6 is 0 Å². The first kappa shape index (κ1) is 81.2. The van der Waals surface area contributed by atoms with Crippen LogP contribution in [0.2, 0.25) is 0 Å². The van der Waals surface area contributed by atoms with E-state index in [1.165, 1.54) is 26.1 Å². The largest absolute Gasteiger partial charge is 1.00 e. The number of nitrogen functional groups attached to an aromatic ring is 1. The number of nitrogens with one attached hydrogen (secondary N) is 5. The van der Waals surface area contributed by atoms with Crippen molar-refractivity contribution in [3.8, 4) is 23.0 Å². The minimum atomic E-state index is -4.32. The molecule has 6 aromatic heterocycles. The average molecular weight is 1380 g/mol. The molecule has 0 bridgehead atoms. The number of esters is 1. The van der Waals surface area contributed by atoms with Gasteiger partial charge < -0.3 is 72.4 Å². The van der Waals surface area contributed by atoms with E-state index in [2.05, 4.69) is 71.4 Å². The number of benzene rings is 2. The van der Waals surface area contributed by atoms with Crippen LogP contribution in [0.3, 0.4) is 0 Å². The van der Waals surface area contributed by atoms with Crippen LogP contribution in [0, 0.1) is 0 Å². The number of methoxy groups -OCH3 is 5. The maximum Gasteiger partial charge on any atom is 1.00 e. The number of nitrogens with zero attached hydrogens (tertiary/aromatic N) is 9.